The number of benzene rings is 1. The van der Waals surface area contributed by atoms with Gasteiger partial charge in [0.25, 0.3) is 5.91 Å². The van der Waals surface area contributed by atoms with Crippen LogP contribution in [0, 0.1) is 13.8 Å². The maximum atomic E-state index is 13.0. The number of hydrogen-bond acceptors (Lipinski definition) is 6. The van der Waals surface area contributed by atoms with Crippen LogP contribution in [0.5, 0.6) is 5.75 Å². The van der Waals surface area contributed by atoms with E-state index in [4.69, 9.17) is 9.47 Å². The summed E-state index contributed by atoms with van der Waals surface area (Å²) in [5, 5.41) is 4.19. The topological polar surface area (TPSA) is 90.7 Å². The van der Waals surface area contributed by atoms with Crippen molar-refractivity contribution in [2.24, 2.45) is 0 Å². The SMILES string of the molecule is COc1cccc(C(=O)n2nc(C)c(S(=O)(=O)N3CCOCC3)c2C)c1. The van der Waals surface area contributed by atoms with E-state index in [0.717, 1.165) is 4.68 Å². The van der Waals surface area contributed by atoms with E-state index in [1.165, 1.54) is 11.4 Å². The highest BCUT2D eigenvalue weighted by atomic mass is 32.2. The fraction of sp³-hybridized carbons (Fsp3) is 0.412. The molecule has 0 N–H and O–H groups in total. The van der Waals surface area contributed by atoms with Gasteiger partial charge in [-0.05, 0) is 32.0 Å². The first-order chi connectivity index (χ1) is 12.4. The Balaban J connectivity index is 2.01. The van der Waals surface area contributed by atoms with Crippen LogP contribution >= 0.6 is 0 Å². The van der Waals surface area contributed by atoms with Crippen LogP contribution in [0.3, 0.4) is 0 Å². The number of carbonyl (C=O) groups excluding carboxylic acids is 1. The molecule has 9 heteroatoms. The third-order valence-electron chi connectivity index (χ3n) is 4.30. The molecule has 0 aliphatic carbocycles. The summed E-state index contributed by atoms with van der Waals surface area (Å²) in [6.45, 7) is 4.47. The summed E-state index contributed by atoms with van der Waals surface area (Å²) < 4.78 is 38.8. The second-order valence-electron chi connectivity index (χ2n) is 5.97. The van der Waals surface area contributed by atoms with Crippen LogP contribution < -0.4 is 4.74 Å². The van der Waals surface area contributed by atoms with Crippen molar-refractivity contribution in [1.82, 2.24) is 14.1 Å². The summed E-state index contributed by atoms with van der Waals surface area (Å²) in [4.78, 5) is 12.9. The van der Waals surface area contributed by atoms with Gasteiger partial charge in [0.15, 0.2) is 0 Å². The number of morpholine rings is 1. The Kier molecular flexibility index (Phi) is 5.12. The third-order valence-corrected chi connectivity index (χ3v) is 6.45. The third kappa shape index (κ3) is 3.25. The van der Waals surface area contributed by atoms with Gasteiger partial charge in [0.05, 0.1) is 31.7 Å². The summed E-state index contributed by atoms with van der Waals surface area (Å²) in [5.74, 6) is 0.131. The zero-order chi connectivity index (χ0) is 18.9. The van der Waals surface area contributed by atoms with E-state index in [1.807, 2.05) is 0 Å². The van der Waals surface area contributed by atoms with Crippen LogP contribution in [-0.4, -0.2) is 61.8 Å². The van der Waals surface area contributed by atoms with Crippen molar-refractivity contribution in [3.8, 4) is 5.75 Å². The number of rotatable bonds is 4. The van der Waals surface area contributed by atoms with Crippen LogP contribution in [-0.2, 0) is 14.8 Å². The Morgan fingerprint density at radius 3 is 2.58 bits per heavy atom. The Morgan fingerprint density at radius 2 is 1.92 bits per heavy atom. The number of aryl methyl sites for hydroxylation is 1. The van der Waals surface area contributed by atoms with Crippen molar-refractivity contribution in [3.05, 3.63) is 41.2 Å². The molecular formula is C17H21N3O5S. The summed E-state index contributed by atoms with van der Waals surface area (Å²) >= 11 is 0. The van der Waals surface area contributed by atoms with E-state index >= 15 is 0 Å². The summed E-state index contributed by atoms with van der Waals surface area (Å²) in [5.41, 5.74) is 0.956. The number of hydrogen-bond donors (Lipinski definition) is 0. The highest BCUT2D eigenvalue weighted by Gasteiger charge is 2.33. The molecule has 140 valence electrons. The standard InChI is InChI=1S/C17H21N3O5S/c1-12-16(26(22,23)19-7-9-25-10-8-19)13(2)20(18-12)17(21)14-5-4-6-15(11-14)24-3/h4-6,11H,7-10H2,1-3H3. The molecular weight excluding hydrogens is 358 g/mol. The molecule has 1 saturated heterocycles. The van der Waals surface area contributed by atoms with Gasteiger partial charge in [0, 0.05) is 18.7 Å². The molecule has 2 heterocycles. The molecule has 1 aromatic heterocycles. The zero-order valence-electron chi connectivity index (χ0n) is 14.9. The van der Waals surface area contributed by atoms with Crippen molar-refractivity contribution >= 4 is 15.9 Å². The number of sulfonamides is 1. The minimum absolute atomic E-state index is 0.0793. The Labute approximate surface area is 152 Å². The van der Waals surface area contributed by atoms with Crippen LogP contribution in [0.15, 0.2) is 29.2 Å². The molecule has 0 spiro atoms. The minimum atomic E-state index is -3.74. The fourth-order valence-corrected chi connectivity index (χ4v) is 4.76. The number of aromatic nitrogens is 2. The lowest BCUT2D eigenvalue weighted by atomic mass is 10.2. The molecule has 1 aromatic carbocycles. The van der Waals surface area contributed by atoms with E-state index in [-0.39, 0.29) is 18.0 Å². The predicted octanol–water partition coefficient (Wildman–Crippen LogP) is 1.22. The Bertz CT molecular complexity index is 930. The van der Waals surface area contributed by atoms with Crippen LogP contribution in [0.4, 0.5) is 0 Å². The van der Waals surface area contributed by atoms with Gasteiger partial charge >= 0.3 is 0 Å². The number of nitrogens with zero attached hydrogens (tertiary/aromatic N) is 3. The number of carbonyl (C=O) groups is 1. The highest BCUT2D eigenvalue weighted by molar-refractivity contribution is 7.89. The summed E-state index contributed by atoms with van der Waals surface area (Å²) in [6, 6.07) is 6.65. The van der Waals surface area contributed by atoms with Crippen LogP contribution in [0.25, 0.3) is 0 Å². The molecule has 8 nitrogen and oxygen atoms in total. The van der Waals surface area contributed by atoms with Crippen molar-refractivity contribution in [1.29, 1.82) is 0 Å². The zero-order valence-corrected chi connectivity index (χ0v) is 15.7. The van der Waals surface area contributed by atoms with Crippen molar-refractivity contribution in [2.75, 3.05) is 33.4 Å². The molecule has 1 aliphatic heterocycles. The Morgan fingerprint density at radius 1 is 1.23 bits per heavy atom. The molecule has 0 bridgehead atoms. The van der Waals surface area contributed by atoms with Crippen LogP contribution in [0.1, 0.15) is 21.7 Å². The summed E-state index contributed by atoms with van der Waals surface area (Å²) in [6.07, 6.45) is 0. The average Bonchev–Trinajstić information content (AvgIpc) is 2.96. The lowest BCUT2D eigenvalue weighted by Crippen LogP contribution is -2.41. The van der Waals surface area contributed by atoms with Crippen LogP contribution in [0.2, 0.25) is 0 Å². The maximum Gasteiger partial charge on any atom is 0.278 e. The predicted molar refractivity (Wildman–Crippen MR) is 94.0 cm³/mol. The van der Waals surface area contributed by atoms with E-state index in [0.29, 0.717) is 35.9 Å². The first kappa shape index (κ1) is 18.6. The van der Waals surface area contributed by atoms with E-state index in [9.17, 15) is 13.2 Å². The molecule has 2 aromatic rings. The van der Waals surface area contributed by atoms with Gasteiger partial charge in [0.2, 0.25) is 10.0 Å². The highest BCUT2D eigenvalue weighted by Crippen LogP contribution is 2.25. The van der Waals surface area contributed by atoms with Crippen molar-refractivity contribution in [3.63, 3.8) is 0 Å². The minimum Gasteiger partial charge on any atom is -0.497 e. The fourth-order valence-electron chi connectivity index (χ4n) is 2.99. The molecule has 0 saturated carbocycles. The van der Waals surface area contributed by atoms with E-state index in [2.05, 4.69) is 5.10 Å². The molecule has 0 amide bonds. The number of methoxy groups -OCH3 is 1. The van der Waals surface area contributed by atoms with E-state index in [1.54, 1.807) is 38.1 Å². The summed E-state index contributed by atoms with van der Waals surface area (Å²) in [7, 11) is -2.22. The molecule has 1 aliphatic rings. The van der Waals surface area contributed by atoms with Crippen molar-refractivity contribution < 1.29 is 22.7 Å². The molecule has 0 unspecified atom stereocenters. The smallest absolute Gasteiger partial charge is 0.278 e. The molecule has 0 atom stereocenters. The van der Waals surface area contributed by atoms with Gasteiger partial charge in [-0.1, -0.05) is 6.07 Å². The lowest BCUT2D eigenvalue weighted by molar-refractivity contribution is 0.0730. The first-order valence-electron chi connectivity index (χ1n) is 8.19. The normalized spacial score (nSPS) is 15.8. The number of ether oxygens (including phenoxy) is 2. The maximum absolute atomic E-state index is 13.0. The monoisotopic (exact) mass is 379 g/mol. The largest absolute Gasteiger partial charge is 0.497 e. The molecule has 0 radical (unpaired) electrons. The quantitative estimate of drug-likeness (QED) is 0.793. The van der Waals surface area contributed by atoms with Gasteiger partial charge in [-0.15, -0.1) is 0 Å². The first-order valence-corrected chi connectivity index (χ1v) is 9.63. The second-order valence-corrected chi connectivity index (χ2v) is 7.84. The van der Waals surface area contributed by atoms with Gasteiger partial charge in [0.1, 0.15) is 10.6 Å². The molecule has 3 rings (SSSR count). The van der Waals surface area contributed by atoms with Gasteiger partial charge in [-0.3, -0.25) is 4.79 Å². The lowest BCUT2D eigenvalue weighted by Gasteiger charge is -2.26. The average molecular weight is 379 g/mol. The molecule has 26 heavy (non-hydrogen) atoms. The Hall–Kier alpha value is -2.23. The second kappa shape index (κ2) is 7.18. The molecule has 1 fully saturated rings. The van der Waals surface area contributed by atoms with Gasteiger partial charge < -0.3 is 9.47 Å². The van der Waals surface area contributed by atoms with E-state index < -0.39 is 15.9 Å². The van der Waals surface area contributed by atoms with Crippen molar-refractivity contribution in [2.45, 2.75) is 18.7 Å². The van der Waals surface area contributed by atoms with Gasteiger partial charge in [-0.2, -0.15) is 14.1 Å². The van der Waals surface area contributed by atoms with Gasteiger partial charge in [-0.25, -0.2) is 8.42 Å².